The number of methoxy groups -OCH3 is 1. The molecule has 5 nitrogen and oxygen atoms in total. The quantitative estimate of drug-likeness (QED) is 0.449. The van der Waals surface area contributed by atoms with Gasteiger partial charge in [-0.25, -0.2) is 4.79 Å². The molecule has 0 heterocycles. The molecule has 0 radical (unpaired) electrons. The summed E-state index contributed by atoms with van der Waals surface area (Å²) in [5, 5.41) is 0. The third-order valence-corrected chi connectivity index (χ3v) is 2.83. The number of ether oxygens (including phenoxy) is 3. The van der Waals surface area contributed by atoms with E-state index in [0.717, 1.165) is 10.9 Å². The highest BCUT2D eigenvalue weighted by molar-refractivity contribution is 9.10. The molecule has 0 saturated heterocycles. The second-order valence-corrected chi connectivity index (χ2v) is 4.74. The molecule has 0 aliphatic rings. The lowest BCUT2D eigenvalue weighted by atomic mass is 10.2. The SMILES string of the molecule is COCCCOCCOC(=O)c1cc(Br)ccc1N. The Labute approximate surface area is 121 Å². The number of nitrogens with two attached hydrogens (primary N) is 1. The minimum Gasteiger partial charge on any atom is -0.460 e. The van der Waals surface area contributed by atoms with E-state index in [1.165, 1.54) is 0 Å². The van der Waals surface area contributed by atoms with Crippen LogP contribution in [0.25, 0.3) is 0 Å². The Hall–Kier alpha value is -1.11. The minimum absolute atomic E-state index is 0.206. The van der Waals surface area contributed by atoms with Gasteiger partial charge >= 0.3 is 5.97 Å². The summed E-state index contributed by atoms with van der Waals surface area (Å²) < 4.78 is 16.0. The standard InChI is InChI=1S/C13H18BrNO4/c1-17-5-2-6-18-7-8-19-13(16)11-9-10(14)3-4-12(11)15/h3-4,9H,2,5-8,15H2,1H3. The summed E-state index contributed by atoms with van der Waals surface area (Å²) in [7, 11) is 1.64. The van der Waals surface area contributed by atoms with E-state index in [0.29, 0.717) is 31.1 Å². The molecule has 0 spiro atoms. The summed E-state index contributed by atoms with van der Waals surface area (Å²) in [5.74, 6) is -0.445. The van der Waals surface area contributed by atoms with Gasteiger partial charge in [0.1, 0.15) is 6.61 Å². The Morgan fingerprint density at radius 3 is 2.79 bits per heavy atom. The molecule has 0 atom stereocenters. The molecule has 0 unspecified atom stereocenters. The zero-order valence-corrected chi connectivity index (χ0v) is 12.4. The smallest absolute Gasteiger partial charge is 0.340 e. The van der Waals surface area contributed by atoms with E-state index < -0.39 is 5.97 Å². The summed E-state index contributed by atoms with van der Waals surface area (Å²) >= 11 is 3.28. The van der Waals surface area contributed by atoms with Gasteiger partial charge in [-0.2, -0.15) is 0 Å². The summed E-state index contributed by atoms with van der Waals surface area (Å²) in [6.45, 7) is 1.82. The van der Waals surface area contributed by atoms with Gasteiger partial charge in [0.25, 0.3) is 0 Å². The van der Waals surface area contributed by atoms with Crippen molar-refractivity contribution in [2.75, 3.05) is 39.3 Å². The van der Waals surface area contributed by atoms with Crippen LogP contribution in [0.2, 0.25) is 0 Å². The van der Waals surface area contributed by atoms with Crippen LogP contribution in [0.3, 0.4) is 0 Å². The zero-order valence-electron chi connectivity index (χ0n) is 10.9. The van der Waals surface area contributed by atoms with Gasteiger partial charge in [0.2, 0.25) is 0 Å². The molecule has 19 heavy (non-hydrogen) atoms. The molecule has 0 aromatic heterocycles. The number of carbonyl (C=O) groups is 1. The number of hydrogen-bond donors (Lipinski definition) is 1. The number of hydrogen-bond acceptors (Lipinski definition) is 5. The van der Waals surface area contributed by atoms with E-state index in [-0.39, 0.29) is 6.61 Å². The van der Waals surface area contributed by atoms with Crippen LogP contribution in [0.15, 0.2) is 22.7 Å². The van der Waals surface area contributed by atoms with Crippen molar-refractivity contribution in [1.82, 2.24) is 0 Å². The summed E-state index contributed by atoms with van der Waals surface area (Å²) in [5.41, 5.74) is 6.46. The minimum atomic E-state index is -0.445. The third kappa shape index (κ3) is 6.04. The van der Waals surface area contributed by atoms with Crippen molar-refractivity contribution in [2.45, 2.75) is 6.42 Å². The molecule has 2 N–H and O–H groups in total. The first-order valence-corrected chi connectivity index (χ1v) is 6.73. The topological polar surface area (TPSA) is 70.8 Å². The largest absolute Gasteiger partial charge is 0.460 e. The van der Waals surface area contributed by atoms with E-state index in [9.17, 15) is 4.79 Å². The van der Waals surface area contributed by atoms with Crippen LogP contribution in [0.4, 0.5) is 5.69 Å². The van der Waals surface area contributed by atoms with Crippen molar-refractivity contribution < 1.29 is 19.0 Å². The Morgan fingerprint density at radius 2 is 2.05 bits per heavy atom. The fourth-order valence-electron chi connectivity index (χ4n) is 1.38. The van der Waals surface area contributed by atoms with E-state index >= 15 is 0 Å². The van der Waals surface area contributed by atoms with Crippen molar-refractivity contribution >= 4 is 27.6 Å². The van der Waals surface area contributed by atoms with Crippen molar-refractivity contribution in [2.24, 2.45) is 0 Å². The van der Waals surface area contributed by atoms with Gasteiger partial charge in [0.15, 0.2) is 0 Å². The molecular weight excluding hydrogens is 314 g/mol. The highest BCUT2D eigenvalue weighted by atomic mass is 79.9. The average molecular weight is 332 g/mol. The second kappa shape index (κ2) is 8.90. The number of carbonyl (C=O) groups excluding carboxylic acids is 1. The van der Waals surface area contributed by atoms with Gasteiger partial charge in [0, 0.05) is 30.5 Å². The van der Waals surface area contributed by atoms with Crippen LogP contribution in [0.5, 0.6) is 0 Å². The van der Waals surface area contributed by atoms with Crippen LogP contribution < -0.4 is 5.73 Å². The summed E-state index contributed by atoms with van der Waals surface area (Å²) in [6.07, 6.45) is 0.822. The molecule has 1 aromatic rings. The predicted molar refractivity (Wildman–Crippen MR) is 76.1 cm³/mol. The van der Waals surface area contributed by atoms with Crippen molar-refractivity contribution in [3.8, 4) is 0 Å². The van der Waals surface area contributed by atoms with Gasteiger partial charge in [-0.3, -0.25) is 0 Å². The first-order valence-electron chi connectivity index (χ1n) is 5.94. The van der Waals surface area contributed by atoms with Crippen molar-refractivity contribution in [3.05, 3.63) is 28.2 Å². The fourth-order valence-corrected chi connectivity index (χ4v) is 1.74. The molecule has 6 heteroatoms. The second-order valence-electron chi connectivity index (χ2n) is 3.83. The van der Waals surface area contributed by atoms with Crippen molar-refractivity contribution in [1.29, 1.82) is 0 Å². The summed E-state index contributed by atoms with van der Waals surface area (Å²) in [4.78, 5) is 11.8. The van der Waals surface area contributed by atoms with E-state index in [4.69, 9.17) is 19.9 Å². The number of halogens is 1. The lowest BCUT2D eigenvalue weighted by Crippen LogP contribution is -2.13. The molecule has 0 bridgehead atoms. The van der Waals surface area contributed by atoms with E-state index in [1.54, 1.807) is 25.3 Å². The highest BCUT2D eigenvalue weighted by Gasteiger charge is 2.11. The lowest BCUT2D eigenvalue weighted by molar-refractivity contribution is 0.0289. The molecule has 0 amide bonds. The van der Waals surface area contributed by atoms with Crippen molar-refractivity contribution in [3.63, 3.8) is 0 Å². The Morgan fingerprint density at radius 1 is 1.26 bits per heavy atom. The van der Waals surface area contributed by atoms with Gasteiger partial charge < -0.3 is 19.9 Å². The van der Waals surface area contributed by atoms with Gasteiger partial charge in [-0.1, -0.05) is 15.9 Å². The molecule has 1 aromatic carbocycles. The third-order valence-electron chi connectivity index (χ3n) is 2.33. The maximum Gasteiger partial charge on any atom is 0.340 e. The molecule has 106 valence electrons. The number of esters is 1. The molecule has 0 aliphatic carbocycles. The monoisotopic (exact) mass is 331 g/mol. The molecule has 0 fully saturated rings. The maximum absolute atomic E-state index is 11.8. The van der Waals surface area contributed by atoms with Gasteiger partial charge in [-0.05, 0) is 24.6 Å². The first-order chi connectivity index (χ1) is 9.15. The van der Waals surface area contributed by atoms with Crippen LogP contribution in [0.1, 0.15) is 16.8 Å². The van der Waals surface area contributed by atoms with Crippen LogP contribution in [-0.4, -0.2) is 39.5 Å². The highest BCUT2D eigenvalue weighted by Crippen LogP contribution is 2.19. The number of anilines is 1. The fraction of sp³-hybridized carbons (Fsp3) is 0.462. The molecule has 1 rings (SSSR count). The predicted octanol–water partition coefficient (Wildman–Crippen LogP) is 2.24. The number of rotatable bonds is 8. The van der Waals surface area contributed by atoms with Crippen LogP contribution >= 0.6 is 15.9 Å². The zero-order chi connectivity index (χ0) is 14.1. The number of nitrogen functional groups attached to an aromatic ring is 1. The van der Waals surface area contributed by atoms with E-state index in [1.807, 2.05) is 0 Å². The Balaban J connectivity index is 2.26. The van der Waals surface area contributed by atoms with Gasteiger partial charge in [0.05, 0.1) is 12.2 Å². The summed E-state index contributed by atoms with van der Waals surface area (Å²) in [6, 6.07) is 5.06. The van der Waals surface area contributed by atoms with E-state index in [2.05, 4.69) is 15.9 Å². The Bertz CT molecular complexity index is 412. The van der Waals surface area contributed by atoms with Gasteiger partial charge in [-0.15, -0.1) is 0 Å². The lowest BCUT2D eigenvalue weighted by Gasteiger charge is -2.08. The maximum atomic E-state index is 11.8. The average Bonchev–Trinajstić information content (AvgIpc) is 2.40. The molecule has 0 saturated carbocycles. The number of benzene rings is 1. The van der Waals surface area contributed by atoms with Crippen LogP contribution in [0, 0.1) is 0 Å². The molecule has 0 aliphatic heterocycles. The van der Waals surface area contributed by atoms with Crippen LogP contribution in [-0.2, 0) is 14.2 Å². The Kier molecular flexibility index (Phi) is 7.47. The normalized spacial score (nSPS) is 10.4. The molecular formula is C13H18BrNO4. The first kappa shape index (κ1) is 15.9.